The molecular weight excluding hydrogens is 570 g/mol. The summed E-state index contributed by atoms with van der Waals surface area (Å²) in [5.74, 6) is -0.350. The third-order valence-corrected chi connectivity index (χ3v) is 9.28. The molecule has 0 saturated heterocycles. The lowest BCUT2D eigenvalue weighted by Crippen LogP contribution is -2.46. The van der Waals surface area contributed by atoms with E-state index in [9.17, 15) is 20.1 Å². The first-order valence-corrected chi connectivity index (χ1v) is 20.1. The van der Waals surface area contributed by atoms with Crippen LogP contribution >= 0.6 is 0 Å². The monoisotopic (exact) mass is 650 g/mol. The van der Waals surface area contributed by atoms with Gasteiger partial charge in [-0.05, 0) is 25.7 Å². The molecule has 0 aromatic rings. The smallest absolute Gasteiger partial charge is 0.223 e. The van der Waals surface area contributed by atoms with Gasteiger partial charge in [-0.15, -0.1) is 0 Å². The summed E-state index contributed by atoms with van der Waals surface area (Å²) in [5.41, 5.74) is 0. The van der Waals surface area contributed by atoms with E-state index in [-0.39, 0.29) is 18.9 Å². The maximum absolute atomic E-state index is 12.3. The minimum atomic E-state index is -0.868. The van der Waals surface area contributed by atoms with Crippen molar-refractivity contribution in [1.29, 1.82) is 0 Å². The van der Waals surface area contributed by atoms with Gasteiger partial charge in [0.05, 0.1) is 31.3 Å². The summed E-state index contributed by atoms with van der Waals surface area (Å²) in [7, 11) is 0. The maximum Gasteiger partial charge on any atom is 0.223 e. The van der Waals surface area contributed by atoms with Crippen LogP contribution in [0.15, 0.2) is 24.3 Å². The van der Waals surface area contributed by atoms with Crippen molar-refractivity contribution in [2.24, 2.45) is 0 Å². The van der Waals surface area contributed by atoms with Gasteiger partial charge in [0, 0.05) is 0 Å². The molecule has 0 aliphatic heterocycles. The fourth-order valence-electron chi connectivity index (χ4n) is 6.17. The van der Waals surface area contributed by atoms with E-state index in [0.717, 1.165) is 25.7 Å². The topological polar surface area (TPSA) is 89.8 Å². The molecule has 0 aromatic carbocycles. The second kappa shape index (κ2) is 36.7. The SMILES string of the molecule is CCCCCCCC/C=C\C/C=C\C(O)CC(=O)NC(CO)C(O)CCCCCCCCCCCCCCCCCCCCCC. The number of rotatable bonds is 36. The molecule has 0 bridgehead atoms. The highest BCUT2D eigenvalue weighted by molar-refractivity contribution is 5.77. The number of carbonyl (C=O) groups excluding carboxylic acids is 1. The number of allylic oxidation sites excluding steroid dienone is 3. The molecule has 46 heavy (non-hydrogen) atoms. The lowest BCUT2D eigenvalue weighted by Gasteiger charge is -2.22. The van der Waals surface area contributed by atoms with E-state index >= 15 is 0 Å². The molecule has 0 fully saturated rings. The van der Waals surface area contributed by atoms with E-state index in [1.54, 1.807) is 6.08 Å². The van der Waals surface area contributed by atoms with E-state index in [2.05, 4.69) is 31.3 Å². The third-order valence-electron chi connectivity index (χ3n) is 9.28. The fraction of sp³-hybridized carbons (Fsp3) is 0.878. The van der Waals surface area contributed by atoms with Gasteiger partial charge in [-0.1, -0.05) is 199 Å². The molecular formula is C41H79NO4. The van der Waals surface area contributed by atoms with Crippen molar-refractivity contribution < 1.29 is 20.1 Å². The quantitative estimate of drug-likeness (QED) is 0.0401. The average molecular weight is 650 g/mol. The van der Waals surface area contributed by atoms with Crippen molar-refractivity contribution in [1.82, 2.24) is 5.32 Å². The minimum absolute atomic E-state index is 0.0689. The maximum atomic E-state index is 12.3. The van der Waals surface area contributed by atoms with Crippen LogP contribution < -0.4 is 5.32 Å². The minimum Gasteiger partial charge on any atom is -0.394 e. The first-order chi connectivity index (χ1) is 22.5. The van der Waals surface area contributed by atoms with Crippen LogP contribution in [0.2, 0.25) is 0 Å². The molecule has 272 valence electrons. The van der Waals surface area contributed by atoms with Gasteiger partial charge in [-0.25, -0.2) is 0 Å². The van der Waals surface area contributed by atoms with Crippen molar-refractivity contribution in [2.75, 3.05) is 6.61 Å². The Labute approximate surface area is 286 Å². The molecule has 0 aliphatic rings. The summed E-state index contributed by atoms with van der Waals surface area (Å²) < 4.78 is 0. The first kappa shape index (κ1) is 44.8. The molecule has 3 unspecified atom stereocenters. The van der Waals surface area contributed by atoms with E-state index in [4.69, 9.17) is 0 Å². The van der Waals surface area contributed by atoms with Crippen LogP contribution in [0.1, 0.15) is 206 Å². The number of hydrogen-bond donors (Lipinski definition) is 4. The Morgan fingerprint density at radius 3 is 1.41 bits per heavy atom. The standard InChI is InChI=1S/C41H79NO4/c1-3-5-7-9-11-13-15-16-17-18-19-20-21-22-23-25-27-29-31-33-35-40(45)39(37-43)42-41(46)36-38(44)34-32-30-28-26-24-14-12-10-8-6-4-2/h26,28,32,34,38-40,43-45H,3-25,27,29-31,33,35-37H2,1-2H3,(H,42,46)/b28-26-,34-32-. The van der Waals surface area contributed by atoms with Crippen LogP contribution in [0.4, 0.5) is 0 Å². The molecule has 0 rings (SSSR count). The van der Waals surface area contributed by atoms with Crippen LogP contribution in [0.25, 0.3) is 0 Å². The zero-order valence-electron chi connectivity index (χ0n) is 30.7. The second-order valence-electron chi connectivity index (χ2n) is 13.9. The lowest BCUT2D eigenvalue weighted by molar-refractivity contribution is -0.124. The van der Waals surface area contributed by atoms with Crippen molar-refractivity contribution in [3.05, 3.63) is 24.3 Å². The van der Waals surface area contributed by atoms with Gasteiger partial charge >= 0.3 is 0 Å². The van der Waals surface area contributed by atoms with Crippen molar-refractivity contribution in [3.63, 3.8) is 0 Å². The van der Waals surface area contributed by atoms with Crippen LogP contribution in [0.5, 0.6) is 0 Å². The van der Waals surface area contributed by atoms with Crippen molar-refractivity contribution in [3.8, 4) is 0 Å². The molecule has 0 aromatic heterocycles. The molecule has 4 N–H and O–H groups in total. The zero-order valence-corrected chi connectivity index (χ0v) is 30.7. The largest absolute Gasteiger partial charge is 0.394 e. The van der Waals surface area contributed by atoms with Crippen LogP contribution in [0.3, 0.4) is 0 Å². The average Bonchev–Trinajstić information content (AvgIpc) is 3.05. The molecule has 0 aliphatic carbocycles. The number of carbonyl (C=O) groups is 1. The van der Waals surface area contributed by atoms with Gasteiger partial charge < -0.3 is 20.6 Å². The Morgan fingerprint density at radius 1 is 0.565 bits per heavy atom. The van der Waals surface area contributed by atoms with E-state index in [0.29, 0.717) is 6.42 Å². The number of aliphatic hydroxyl groups excluding tert-OH is 3. The lowest BCUT2D eigenvalue weighted by atomic mass is 10.0. The summed E-state index contributed by atoms with van der Waals surface area (Å²) in [4.78, 5) is 12.3. The molecule has 0 spiro atoms. The van der Waals surface area contributed by atoms with Gasteiger partial charge in [0.2, 0.25) is 5.91 Å². The normalized spacial score (nSPS) is 13.9. The Bertz CT molecular complexity index is 679. The highest BCUT2D eigenvalue weighted by atomic mass is 16.3. The zero-order chi connectivity index (χ0) is 33.8. The third kappa shape index (κ3) is 32.8. The van der Waals surface area contributed by atoms with Gasteiger partial charge in [0.1, 0.15) is 0 Å². The molecule has 0 radical (unpaired) electrons. The van der Waals surface area contributed by atoms with Gasteiger partial charge in [0.15, 0.2) is 0 Å². The fourth-order valence-corrected chi connectivity index (χ4v) is 6.17. The summed E-state index contributed by atoms with van der Waals surface area (Å²) in [6.07, 6.45) is 43.1. The molecule has 3 atom stereocenters. The summed E-state index contributed by atoms with van der Waals surface area (Å²) in [5, 5.41) is 33.1. The Morgan fingerprint density at radius 2 is 0.978 bits per heavy atom. The number of aliphatic hydroxyl groups is 3. The van der Waals surface area contributed by atoms with Crippen molar-refractivity contribution in [2.45, 2.75) is 225 Å². The molecule has 0 heterocycles. The van der Waals surface area contributed by atoms with Gasteiger partial charge in [0.25, 0.3) is 0 Å². The Hall–Kier alpha value is -1.17. The number of nitrogens with one attached hydrogen (secondary N) is 1. The number of amides is 1. The number of hydrogen-bond acceptors (Lipinski definition) is 4. The second-order valence-corrected chi connectivity index (χ2v) is 13.9. The summed E-state index contributed by atoms with van der Waals surface area (Å²) in [6, 6.07) is -0.686. The van der Waals surface area contributed by atoms with E-state index in [1.807, 2.05) is 6.08 Å². The summed E-state index contributed by atoms with van der Waals surface area (Å²) >= 11 is 0. The molecule has 5 nitrogen and oxygen atoms in total. The van der Waals surface area contributed by atoms with Crippen LogP contribution in [0, 0.1) is 0 Å². The van der Waals surface area contributed by atoms with Gasteiger partial charge in [-0.3, -0.25) is 4.79 Å². The predicted octanol–water partition coefficient (Wildman–Crippen LogP) is 11.0. The predicted molar refractivity (Wildman–Crippen MR) is 199 cm³/mol. The summed E-state index contributed by atoms with van der Waals surface area (Å²) in [6.45, 7) is 4.22. The van der Waals surface area contributed by atoms with Crippen molar-refractivity contribution >= 4 is 5.91 Å². The van der Waals surface area contributed by atoms with Crippen LogP contribution in [-0.2, 0) is 4.79 Å². The van der Waals surface area contributed by atoms with E-state index in [1.165, 1.54) is 154 Å². The van der Waals surface area contributed by atoms with Gasteiger partial charge in [-0.2, -0.15) is 0 Å². The van der Waals surface area contributed by atoms with Crippen LogP contribution in [-0.4, -0.2) is 46.1 Å². The molecule has 0 saturated carbocycles. The Kier molecular flexibility index (Phi) is 35.7. The highest BCUT2D eigenvalue weighted by Crippen LogP contribution is 2.16. The van der Waals surface area contributed by atoms with E-state index < -0.39 is 18.2 Å². The first-order valence-electron chi connectivity index (χ1n) is 20.1. The molecule has 5 heteroatoms. The molecule has 1 amide bonds. The number of unbranched alkanes of at least 4 members (excludes halogenated alkanes) is 25. The highest BCUT2D eigenvalue weighted by Gasteiger charge is 2.21. The Balaban J connectivity index is 3.67.